The molecule has 2 aromatic carbocycles. The average molecular weight is 586 g/mol. The number of nitrogens with zero attached hydrogens (tertiary/aromatic N) is 5. The number of halogens is 2. The molecule has 1 N–H and O–H groups in total. The van der Waals surface area contributed by atoms with Crippen molar-refractivity contribution in [2.24, 2.45) is 5.10 Å². The topological polar surface area (TPSA) is 85.1 Å². The van der Waals surface area contributed by atoms with E-state index in [1.807, 2.05) is 72.2 Å². The first-order valence-electron chi connectivity index (χ1n) is 9.85. The Morgan fingerprint density at radius 2 is 1.79 bits per heavy atom. The molecule has 0 spiro atoms. The minimum Gasteiger partial charge on any atom is -0.272 e. The Hall–Kier alpha value is -2.82. The maximum absolute atomic E-state index is 12.5. The number of hydrazone groups is 1. The molecule has 0 fully saturated rings. The normalized spacial score (nSPS) is 11.4. The zero-order chi connectivity index (χ0) is 23.2. The second-order valence-corrected chi connectivity index (χ2v) is 9.66. The monoisotopic (exact) mass is 584 g/mol. The second-order valence-electron chi connectivity index (χ2n) is 6.89. The van der Waals surface area contributed by atoms with Gasteiger partial charge in [0.1, 0.15) is 0 Å². The first-order valence-corrected chi connectivity index (χ1v) is 12.4. The smallest absolute Gasteiger partial charge is 0.250 e. The van der Waals surface area contributed by atoms with Gasteiger partial charge in [0.05, 0.1) is 11.5 Å². The summed E-state index contributed by atoms with van der Waals surface area (Å²) in [5, 5.41) is 13.5. The van der Waals surface area contributed by atoms with Gasteiger partial charge in [-0.15, -0.1) is 10.2 Å². The van der Waals surface area contributed by atoms with Gasteiger partial charge in [0.25, 0.3) is 5.91 Å². The van der Waals surface area contributed by atoms with E-state index in [-0.39, 0.29) is 11.7 Å². The van der Waals surface area contributed by atoms with E-state index in [9.17, 15) is 4.79 Å². The van der Waals surface area contributed by atoms with Crippen LogP contribution >= 0.6 is 43.6 Å². The summed E-state index contributed by atoms with van der Waals surface area (Å²) in [6.45, 7) is 1.85. The number of aromatic nitrogens is 4. The molecule has 4 aromatic rings. The Labute approximate surface area is 212 Å². The van der Waals surface area contributed by atoms with Gasteiger partial charge in [0, 0.05) is 32.6 Å². The van der Waals surface area contributed by atoms with Crippen LogP contribution in [0.3, 0.4) is 0 Å². The predicted octanol–water partition coefficient (Wildman–Crippen LogP) is 5.49. The molecule has 1 amide bonds. The van der Waals surface area contributed by atoms with E-state index in [4.69, 9.17) is 0 Å². The lowest BCUT2D eigenvalue weighted by atomic mass is 10.1. The fourth-order valence-corrected chi connectivity index (χ4v) is 4.37. The molecule has 7 nitrogen and oxygen atoms in total. The highest BCUT2D eigenvalue weighted by atomic mass is 79.9. The van der Waals surface area contributed by atoms with Gasteiger partial charge < -0.3 is 0 Å². The lowest BCUT2D eigenvalue weighted by molar-refractivity contribution is -0.118. The molecule has 0 aliphatic carbocycles. The molecule has 33 heavy (non-hydrogen) atoms. The summed E-state index contributed by atoms with van der Waals surface area (Å²) < 4.78 is 3.85. The third-order valence-corrected chi connectivity index (χ3v) is 6.53. The Kier molecular flexibility index (Phi) is 7.69. The lowest BCUT2D eigenvalue weighted by Crippen LogP contribution is -2.21. The molecule has 0 bridgehead atoms. The van der Waals surface area contributed by atoms with Crippen LogP contribution in [0.25, 0.3) is 17.1 Å². The Morgan fingerprint density at radius 1 is 1.03 bits per heavy atom. The number of nitrogens with one attached hydrogen (secondary N) is 1. The molecule has 0 radical (unpaired) electrons. The van der Waals surface area contributed by atoms with Crippen LogP contribution in [0.2, 0.25) is 0 Å². The van der Waals surface area contributed by atoms with Crippen LogP contribution in [0, 0.1) is 0 Å². The van der Waals surface area contributed by atoms with E-state index in [2.05, 4.69) is 57.6 Å². The van der Waals surface area contributed by atoms with Crippen molar-refractivity contribution >= 4 is 55.2 Å². The predicted molar refractivity (Wildman–Crippen MR) is 138 cm³/mol. The summed E-state index contributed by atoms with van der Waals surface area (Å²) in [6.07, 6.45) is 3.42. The number of amides is 1. The molecule has 0 aliphatic heterocycles. The highest BCUT2D eigenvalue weighted by Gasteiger charge is 2.17. The summed E-state index contributed by atoms with van der Waals surface area (Å²) in [5.41, 5.74) is 6.03. The van der Waals surface area contributed by atoms with Gasteiger partial charge in [-0.25, -0.2) is 5.43 Å². The van der Waals surface area contributed by atoms with Crippen LogP contribution in [-0.4, -0.2) is 37.1 Å². The molecule has 0 unspecified atom stereocenters. The first kappa shape index (κ1) is 23.3. The molecule has 166 valence electrons. The number of rotatable bonds is 7. The molecule has 2 heterocycles. The van der Waals surface area contributed by atoms with Crippen molar-refractivity contribution in [2.75, 3.05) is 5.75 Å². The summed E-state index contributed by atoms with van der Waals surface area (Å²) in [5.74, 6) is 0.580. The fraction of sp³-hybridized carbons (Fsp3) is 0.0870. The van der Waals surface area contributed by atoms with Crippen molar-refractivity contribution in [3.8, 4) is 17.1 Å². The van der Waals surface area contributed by atoms with Crippen molar-refractivity contribution in [1.82, 2.24) is 25.2 Å². The van der Waals surface area contributed by atoms with E-state index in [0.717, 1.165) is 25.8 Å². The Bertz CT molecular complexity index is 1290. The zero-order valence-electron chi connectivity index (χ0n) is 17.4. The van der Waals surface area contributed by atoms with Gasteiger partial charge in [0.2, 0.25) is 0 Å². The van der Waals surface area contributed by atoms with E-state index in [1.165, 1.54) is 11.8 Å². The van der Waals surface area contributed by atoms with Crippen LogP contribution in [-0.2, 0) is 4.79 Å². The third-order valence-electron chi connectivity index (χ3n) is 4.58. The number of hydrogen-bond acceptors (Lipinski definition) is 6. The summed E-state index contributed by atoms with van der Waals surface area (Å²) in [4.78, 5) is 16.5. The highest BCUT2D eigenvalue weighted by Crippen LogP contribution is 2.28. The van der Waals surface area contributed by atoms with Crippen molar-refractivity contribution in [3.63, 3.8) is 0 Å². The average Bonchev–Trinajstić information content (AvgIpc) is 3.26. The number of benzene rings is 2. The van der Waals surface area contributed by atoms with Crippen LogP contribution in [0.1, 0.15) is 12.5 Å². The number of hydrogen-bond donors (Lipinski definition) is 1. The maximum Gasteiger partial charge on any atom is 0.250 e. The Morgan fingerprint density at radius 3 is 2.52 bits per heavy atom. The molecule has 0 aliphatic rings. The van der Waals surface area contributed by atoms with E-state index >= 15 is 0 Å². The quantitative estimate of drug-likeness (QED) is 0.176. The Balaban J connectivity index is 1.52. The molecule has 0 atom stereocenters. The summed E-state index contributed by atoms with van der Waals surface area (Å²) in [6, 6.07) is 19.3. The van der Waals surface area contributed by atoms with Crippen molar-refractivity contribution in [2.45, 2.75) is 12.1 Å². The molecule has 2 aromatic heterocycles. The van der Waals surface area contributed by atoms with Crippen LogP contribution in [0.5, 0.6) is 0 Å². The van der Waals surface area contributed by atoms with Gasteiger partial charge >= 0.3 is 0 Å². The van der Waals surface area contributed by atoms with Gasteiger partial charge in [-0.1, -0.05) is 55.8 Å². The van der Waals surface area contributed by atoms with Crippen LogP contribution < -0.4 is 5.43 Å². The maximum atomic E-state index is 12.5. The minimum atomic E-state index is -0.231. The second kappa shape index (κ2) is 10.9. The van der Waals surface area contributed by atoms with E-state index < -0.39 is 0 Å². The van der Waals surface area contributed by atoms with Crippen molar-refractivity contribution < 1.29 is 4.79 Å². The van der Waals surface area contributed by atoms with E-state index in [1.54, 1.807) is 12.4 Å². The van der Waals surface area contributed by atoms with Crippen LogP contribution in [0.4, 0.5) is 0 Å². The summed E-state index contributed by atoms with van der Waals surface area (Å²) >= 11 is 8.20. The summed E-state index contributed by atoms with van der Waals surface area (Å²) in [7, 11) is 0. The number of thioether (sulfide) groups is 1. The zero-order valence-corrected chi connectivity index (χ0v) is 21.4. The van der Waals surface area contributed by atoms with Gasteiger partial charge in [-0.2, -0.15) is 5.10 Å². The van der Waals surface area contributed by atoms with Crippen molar-refractivity contribution in [1.29, 1.82) is 0 Å². The van der Waals surface area contributed by atoms with Gasteiger partial charge in [-0.05, 0) is 61.0 Å². The van der Waals surface area contributed by atoms with E-state index in [0.29, 0.717) is 16.7 Å². The SMILES string of the molecule is C/C(=N/NC(=O)CSc1nnc(-c2ccncc2)n1-c1ccc(Br)cc1)c1cccc(Br)c1. The van der Waals surface area contributed by atoms with Gasteiger partial charge in [0.15, 0.2) is 11.0 Å². The van der Waals surface area contributed by atoms with Gasteiger partial charge in [-0.3, -0.25) is 14.3 Å². The highest BCUT2D eigenvalue weighted by molar-refractivity contribution is 9.10. The first-order chi connectivity index (χ1) is 16.0. The third kappa shape index (κ3) is 5.95. The largest absolute Gasteiger partial charge is 0.272 e. The molecular formula is C23H18Br2N6OS. The number of pyridine rings is 1. The van der Waals surface area contributed by atoms with Crippen molar-refractivity contribution in [3.05, 3.63) is 87.6 Å². The molecule has 0 saturated heterocycles. The molecular weight excluding hydrogens is 568 g/mol. The fourth-order valence-electron chi connectivity index (χ4n) is 2.96. The minimum absolute atomic E-state index is 0.139. The standard InChI is InChI=1S/C23H18Br2N6OS/c1-15(17-3-2-4-19(25)13-17)27-28-21(32)14-33-23-30-29-22(16-9-11-26-12-10-16)31(23)20-7-5-18(24)6-8-20/h2-13H,14H2,1H3,(H,28,32)/b27-15-. The molecule has 0 saturated carbocycles. The van der Waals surface area contributed by atoms with Crippen LogP contribution in [0.15, 0.2) is 92.3 Å². The molecule has 10 heteroatoms. The lowest BCUT2D eigenvalue weighted by Gasteiger charge is -2.10. The number of carbonyl (C=O) groups is 1. The molecule has 4 rings (SSSR count). The number of carbonyl (C=O) groups excluding carboxylic acids is 1.